The van der Waals surface area contributed by atoms with Crippen LogP contribution in [0.4, 0.5) is 0 Å². The number of piperidine rings is 1. The quantitative estimate of drug-likeness (QED) is 0.772. The van der Waals surface area contributed by atoms with E-state index in [-0.39, 0.29) is 0 Å². The zero-order valence-electron chi connectivity index (χ0n) is 13.3. The first-order valence-electron chi connectivity index (χ1n) is 8.28. The first-order chi connectivity index (χ1) is 9.78. The number of methoxy groups -OCH3 is 1. The molecule has 2 fully saturated rings. The molecule has 2 aliphatic rings. The second-order valence-corrected chi connectivity index (χ2v) is 6.64. The van der Waals surface area contributed by atoms with Gasteiger partial charge >= 0.3 is 0 Å². The average molecular weight is 284 g/mol. The van der Waals surface area contributed by atoms with Crippen molar-refractivity contribution in [3.8, 4) is 0 Å². The second-order valence-electron chi connectivity index (χ2n) is 6.64. The van der Waals surface area contributed by atoms with Gasteiger partial charge in [0.25, 0.3) is 0 Å². The molecule has 2 heterocycles. The average Bonchev–Trinajstić information content (AvgIpc) is 2.47. The van der Waals surface area contributed by atoms with Crippen LogP contribution in [0.5, 0.6) is 0 Å². The van der Waals surface area contributed by atoms with Crippen LogP contribution in [0, 0.1) is 11.3 Å². The lowest BCUT2D eigenvalue weighted by molar-refractivity contribution is -0.0346. The van der Waals surface area contributed by atoms with Gasteiger partial charge < -0.3 is 19.7 Å². The molecule has 0 spiro atoms. The van der Waals surface area contributed by atoms with Gasteiger partial charge in [0.15, 0.2) is 0 Å². The fraction of sp³-hybridized carbons (Fsp3) is 1.00. The molecule has 0 radical (unpaired) electrons. The molecule has 0 aromatic heterocycles. The summed E-state index contributed by atoms with van der Waals surface area (Å²) in [5.74, 6) is 0.717. The van der Waals surface area contributed by atoms with E-state index in [1.165, 1.54) is 45.3 Å². The van der Waals surface area contributed by atoms with Crippen LogP contribution in [0.1, 0.15) is 32.6 Å². The van der Waals surface area contributed by atoms with Gasteiger partial charge in [-0.05, 0) is 44.7 Å². The van der Waals surface area contributed by atoms with Gasteiger partial charge in [0.2, 0.25) is 0 Å². The number of nitrogens with one attached hydrogen (secondary N) is 1. The van der Waals surface area contributed by atoms with E-state index in [1.807, 2.05) is 7.11 Å². The molecule has 2 rings (SSSR count). The highest BCUT2D eigenvalue weighted by molar-refractivity contribution is 4.88. The molecule has 0 aromatic carbocycles. The fourth-order valence-electron chi connectivity index (χ4n) is 3.76. The van der Waals surface area contributed by atoms with Crippen molar-refractivity contribution in [3.05, 3.63) is 0 Å². The van der Waals surface area contributed by atoms with Gasteiger partial charge in [0.05, 0.1) is 13.2 Å². The highest BCUT2D eigenvalue weighted by atomic mass is 16.5. The van der Waals surface area contributed by atoms with Crippen molar-refractivity contribution in [2.75, 3.05) is 59.7 Å². The molecular formula is C16H32N2O2. The minimum absolute atomic E-state index is 0.323. The Balaban J connectivity index is 1.89. The van der Waals surface area contributed by atoms with E-state index in [9.17, 15) is 0 Å². The molecule has 1 N–H and O–H groups in total. The Hall–Kier alpha value is -0.160. The number of nitrogens with zero attached hydrogens (tertiary/aromatic N) is 1. The summed E-state index contributed by atoms with van der Waals surface area (Å²) in [7, 11) is 1.82. The number of ether oxygens (including phenoxy) is 2. The third-order valence-electron chi connectivity index (χ3n) is 4.72. The molecule has 118 valence electrons. The summed E-state index contributed by atoms with van der Waals surface area (Å²) in [6.07, 6.45) is 5.14. The van der Waals surface area contributed by atoms with Crippen molar-refractivity contribution in [2.45, 2.75) is 32.6 Å². The van der Waals surface area contributed by atoms with Crippen molar-refractivity contribution in [1.82, 2.24) is 10.2 Å². The number of rotatable bonds is 7. The summed E-state index contributed by atoms with van der Waals surface area (Å²) in [6, 6.07) is 0. The van der Waals surface area contributed by atoms with Crippen LogP contribution in [0.2, 0.25) is 0 Å². The van der Waals surface area contributed by atoms with Gasteiger partial charge in [-0.25, -0.2) is 0 Å². The Kier molecular flexibility index (Phi) is 6.75. The van der Waals surface area contributed by atoms with E-state index in [0.29, 0.717) is 5.41 Å². The Bertz CT molecular complexity index is 265. The highest BCUT2D eigenvalue weighted by Crippen LogP contribution is 2.31. The zero-order chi connectivity index (χ0) is 14.3. The van der Waals surface area contributed by atoms with Crippen molar-refractivity contribution in [3.63, 3.8) is 0 Å². The molecular weight excluding hydrogens is 252 g/mol. The van der Waals surface area contributed by atoms with Crippen LogP contribution >= 0.6 is 0 Å². The number of hydrogen-bond donors (Lipinski definition) is 1. The predicted octanol–water partition coefficient (Wildman–Crippen LogP) is 1.75. The molecule has 2 aliphatic heterocycles. The largest absolute Gasteiger partial charge is 0.384 e. The van der Waals surface area contributed by atoms with Gasteiger partial charge in [-0.15, -0.1) is 0 Å². The van der Waals surface area contributed by atoms with Crippen LogP contribution in [0.3, 0.4) is 0 Å². The van der Waals surface area contributed by atoms with E-state index in [1.54, 1.807) is 0 Å². The standard InChI is InChI=1S/C16H32N2O2/c1-3-17-12-16(7-5-9-20-14-16)13-18-8-4-6-15(10-18)11-19-2/h15,17H,3-14H2,1-2H3. The van der Waals surface area contributed by atoms with Crippen LogP contribution in [0.25, 0.3) is 0 Å². The zero-order valence-corrected chi connectivity index (χ0v) is 13.3. The third kappa shape index (κ3) is 4.69. The van der Waals surface area contributed by atoms with E-state index in [0.717, 1.165) is 38.8 Å². The number of likely N-dealkylation sites (tertiary alicyclic amines) is 1. The molecule has 0 aliphatic carbocycles. The molecule has 4 heteroatoms. The smallest absolute Gasteiger partial charge is 0.0546 e. The summed E-state index contributed by atoms with van der Waals surface area (Å²) in [6.45, 7) is 10.7. The van der Waals surface area contributed by atoms with Crippen LogP contribution in [-0.2, 0) is 9.47 Å². The lowest BCUT2D eigenvalue weighted by atomic mass is 9.81. The molecule has 0 amide bonds. The van der Waals surface area contributed by atoms with Crippen molar-refractivity contribution < 1.29 is 9.47 Å². The maximum atomic E-state index is 5.81. The van der Waals surface area contributed by atoms with E-state index in [4.69, 9.17) is 9.47 Å². The maximum Gasteiger partial charge on any atom is 0.0546 e. The lowest BCUT2D eigenvalue weighted by Crippen LogP contribution is -2.51. The Labute approximate surface area is 124 Å². The van der Waals surface area contributed by atoms with Crippen LogP contribution < -0.4 is 5.32 Å². The number of hydrogen-bond acceptors (Lipinski definition) is 4. The fourth-order valence-corrected chi connectivity index (χ4v) is 3.76. The molecule has 20 heavy (non-hydrogen) atoms. The third-order valence-corrected chi connectivity index (χ3v) is 4.72. The van der Waals surface area contributed by atoms with Crippen molar-refractivity contribution in [1.29, 1.82) is 0 Å². The summed E-state index contributed by atoms with van der Waals surface area (Å²) in [5.41, 5.74) is 0.323. The second kappa shape index (κ2) is 8.32. The molecule has 2 atom stereocenters. The monoisotopic (exact) mass is 284 g/mol. The van der Waals surface area contributed by atoms with Gasteiger partial charge in [-0.3, -0.25) is 0 Å². The van der Waals surface area contributed by atoms with Gasteiger partial charge in [0.1, 0.15) is 0 Å². The first-order valence-corrected chi connectivity index (χ1v) is 8.28. The minimum atomic E-state index is 0.323. The summed E-state index contributed by atoms with van der Waals surface area (Å²) < 4.78 is 11.2. The Morgan fingerprint density at radius 3 is 3.00 bits per heavy atom. The minimum Gasteiger partial charge on any atom is -0.384 e. The summed E-state index contributed by atoms with van der Waals surface area (Å²) >= 11 is 0. The highest BCUT2D eigenvalue weighted by Gasteiger charge is 2.35. The van der Waals surface area contributed by atoms with E-state index >= 15 is 0 Å². The lowest BCUT2D eigenvalue weighted by Gasteiger charge is -2.43. The van der Waals surface area contributed by atoms with Crippen LogP contribution in [0.15, 0.2) is 0 Å². The van der Waals surface area contributed by atoms with E-state index in [2.05, 4.69) is 17.1 Å². The van der Waals surface area contributed by atoms with Crippen LogP contribution in [-0.4, -0.2) is 64.6 Å². The Morgan fingerprint density at radius 2 is 2.30 bits per heavy atom. The Morgan fingerprint density at radius 1 is 1.40 bits per heavy atom. The summed E-state index contributed by atoms with van der Waals surface area (Å²) in [5, 5.41) is 3.55. The normalized spacial score (nSPS) is 32.4. The van der Waals surface area contributed by atoms with Gasteiger partial charge in [0, 0.05) is 38.8 Å². The maximum absolute atomic E-state index is 5.81. The predicted molar refractivity (Wildman–Crippen MR) is 82.1 cm³/mol. The molecule has 4 nitrogen and oxygen atoms in total. The van der Waals surface area contributed by atoms with Crippen molar-refractivity contribution >= 4 is 0 Å². The molecule has 0 bridgehead atoms. The topological polar surface area (TPSA) is 33.7 Å². The van der Waals surface area contributed by atoms with Gasteiger partial charge in [-0.2, -0.15) is 0 Å². The molecule has 2 saturated heterocycles. The van der Waals surface area contributed by atoms with E-state index < -0.39 is 0 Å². The molecule has 0 aromatic rings. The molecule has 2 unspecified atom stereocenters. The SMILES string of the molecule is CCNCC1(CN2CCCC(COC)C2)CCCOC1. The van der Waals surface area contributed by atoms with Gasteiger partial charge in [-0.1, -0.05) is 6.92 Å². The van der Waals surface area contributed by atoms with Crippen molar-refractivity contribution in [2.24, 2.45) is 11.3 Å². The first kappa shape index (κ1) is 16.2. The summed E-state index contributed by atoms with van der Waals surface area (Å²) in [4.78, 5) is 2.65. The molecule has 0 saturated carbocycles.